The monoisotopic (exact) mass is 347 g/mol. The molecular formula is C19H25FN2O3. The number of benzene rings is 1. The molecule has 0 saturated carbocycles. The number of hydrogen-bond acceptors (Lipinski definition) is 4. The van der Waals surface area contributed by atoms with E-state index in [1.807, 2.05) is 45.0 Å². The van der Waals surface area contributed by atoms with Crippen LogP contribution in [-0.4, -0.2) is 23.1 Å². The summed E-state index contributed by atoms with van der Waals surface area (Å²) in [6, 6.07) is 7.68. The summed E-state index contributed by atoms with van der Waals surface area (Å²) in [6.45, 7) is 7.89. The Morgan fingerprint density at radius 3 is 2.28 bits per heavy atom. The van der Waals surface area contributed by atoms with Crippen LogP contribution in [0.25, 0.3) is 0 Å². The van der Waals surface area contributed by atoms with Crippen molar-refractivity contribution in [2.75, 3.05) is 13.3 Å². The van der Waals surface area contributed by atoms with E-state index in [9.17, 15) is 9.18 Å². The molecule has 1 aromatic heterocycles. The van der Waals surface area contributed by atoms with Gasteiger partial charge in [-0.15, -0.1) is 0 Å². The molecule has 5 nitrogen and oxygen atoms in total. The Kier molecular flexibility index (Phi) is 6.31. The second kappa shape index (κ2) is 8.25. The van der Waals surface area contributed by atoms with Crippen LogP contribution in [-0.2, 0) is 23.5 Å². The second-order valence-corrected chi connectivity index (χ2v) is 6.87. The van der Waals surface area contributed by atoms with E-state index < -0.39 is 6.67 Å². The van der Waals surface area contributed by atoms with Gasteiger partial charge in [0, 0.05) is 0 Å². The van der Waals surface area contributed by atoms with E-state index in [2.05, 4.69) is 5.10 Å². The number of ether oxygens (including phenoxy) is 2. The Morgan fingerprint density at radius 2 is 1.72 bits per heavy atom. The van der Waals surface area contributed by atoms with Crippen LogP contribution in [0.1, 0.15) is 37.5 Å². The lowest BCUT2D eigenvalue weighted by atomic mass is 10.1. The van der Waals surface area contributed by atoms with Crippen LogP contribution in [0.3, 0.4) is 0 Å². The van der Waals surface area contributed by atoms with Gasteiger partial charge in [0.1, 0.15) is 19.0 Å². The molecule has 0 bridgehead atoms. The number of halogens is 1. The molecule has 6 heteroatoms. The SMILES string of the molecule is Cc1c(OCc2ccc(COCC[18F])cc2)cnn(C(C)(C)C)c1=O. The van der Waals surface area contributed by atoms with Gasteiger partial charge >= 0.3 is 0 Å². The van der Waals surface area contributed by atoms with Crippen LogP contribution in [0.5, 0.6) is 5.75 Å². The van der Waals surface area contributed by atoms with Crippen molar-refractivity contribution in [1.29, 1.82) is 0 Å². The minimum atomic E-state index is -0.479. The number of aromatic nitrogens is 2. The molecule has 0 aliphatic rings. The summed E-state index contributed by atoms with van der Waals surface area (Å²) in [5, 5.41) is 4.21. The summed E-state index contributed by atoms with van der Waals surface area (Å²) < 4.78 is 24.4. The van der Waals surface area contributed by atoms with Crippen molar-refractivity contribution in [3.8, 4) is 5.75 Å². The van der Waals surface area contributed by atoms with Crippen LogP contribution in [0.15, 0.2) is 35.3 Å². The highest BCUT2D eigenvalue weighted by Crippen LogP contribution is 2.17. The van der Waals surface area contributed by atoms with Gasteiger partial charge in [0.05, 0.1) is 30.5 Å². The summed E-state index contributed by atoms with van der Waals surface area (Å²) in [5.74, 6) is 0.487. The first-order valence-corrected chi connectivity index (χ1v) is 8.26. The molecule has 0 spiro atoms. The minimum Gasteiger partial charge on any atom is -0.487 e. The summed E-state index contributed by atoms with van der Waals surface area (Å²) in [6.07, 6.45) is 1.58. The van der Waals surface area contributed by atoms with Gasteiger partial charge in [-0.25, -0.2) is 9.07 Å². The largest absolute Gasteiger partial charge is 0.487 e. The van der Waals surface area contributed by atoms with Crippen molar-refractivity contribution in [3.63, 3.8) is 0 Å². The van der Waals surface area contributed by atoms with E-state index in [1.165, 1.54) is 4.68 Å². The molecule has 0 radical (unpaired) electrons. The predicted molar refractivity (Wildman–Crippen MR) is 94.6 cm³/mol. The van der Waals surface area contributed by atoms with E-state index in [4.69, 9.17) is 9.47 Å². The minimum absolute atomic E-state index is 0.108. The molecule has 0 saturated heterocycles. The third-order valence-electron chi connectivity index (χ3n) is 3.72. The van der Waals surface area contributed by atoms with Crippen LogP contribution in [0, 0.1) is 6.92 Å². The highest BCUT2D eigenvalue weighted by molar-refractivity contribution is 5.28. The third-order valence-corrected chi connectivity index (χ3v) is 3.72. The van der Waals surface area contributed by atoms with Crippen molar-refractivity contribution in [2.45, 2.75) is 46.4 Å². The Hall–Kier alpha value is -2.21. The Labute approximate surface area is 147 Å². The first-order valence-electron chi connectivity index (χ1n) is 8.26. The quantitative estimate of drug-likeness (QED) is 0.721. The average molecular weight is 347 g/mol. The predicted octanol–water partition coefficient (Wildman–Crippen LogP) is 3.37. The van der Waals surface area contributed by atoms with E-state index >= 15 is 0 Å². The van der Waals surface area contributed by atoms with Gasteiger partial charge in [0.2, 0.25) is 0 Å². The zero-order chi connectivity index (χ0) is 18.4. The number of alkyl halides is 1. The number of nitrogens with zero attached hydrogens (tertiary/aromatic N) is 2. The van der Waals surface area contributed by atoms with Gasteiger partial charge in [-0.1, -0.05) is 24.3 Å². The molecule has 0 aliphatic carbocycles. The maximum atomic E-state index is 12.4. The van der Waals surface area contributed by atoms with E-state index in [-0.39, 0.29) is 17.7 Å². The standard InChI is InChI=1S/C19H25FN2O3/c1-14-17(11-21-22(18(14)23)19(2,3)4)25-13-16-7-5-15(6-8-16)12-24-10-9-20/h5-8,11H,9-10,12-13H2,1-4H3/i20-1. The number of rotatable bonds is 7. The van der Waals surface area contributed by atoms with Gasteiger partial charge < -0.3 is 9.47 Å². The lowest BCUT2D eigenvalue weighted by Crippen LogP contribution is -2.37. The lowest BCUT2D eigenvalue weighted by molar-refractivity contribution is 0.106. The summed E-state index contributed by atoms with van der Waals surface area (Å²) in [7, 11) is 0. The molecule has 0 atom stereocenters. The van der Waals surface area contributed by atoms with Crippen LogP contribution >= 0.6 is 0 Å². The van der Waals surface area contributed by atoms with E-state index in [0.29, 0.717) is 24.5 Å². The molecule has 2 rings (SSSR count). The zero-order valence-corrected chi connectivity index (χ0v) is 15.2. The Balaban J connectivity index is 2.02. The van der Waals surface area contributed by atoms with Crippen molar-refractivity contribution >= 4 is 0 Å². The van der Waals surface area contributed by atoms with Crippen LogP contribution < -0.4 is 10.3 Å². The maximum absolute atomic E-state index is 12.4. The molecule has 0 fully saturated rings. The van der Waals surface area contributed by atoms with Crippen LogP contribution in [0.2, 0.25) is 0 Å². The fourth-order valence-electron chi connectivity index (χ4n) is 2.28. The molecule has 1 heterocycles. The second-order valence-electron chi connectivity index (χ2n) is 6.87. The smallest absolute Gasteiger partial charge is 0.273 e. The van der Waals surface area contributed by atoms with Crippen molar-refractivity contribution in [3.05, 3.63) is 57.5 Å². The molecule has 1 aromatic carbocycles. The maximum Gasteiger partial charge on any atom is 0.273 e. The van der Waals surface area contributed by atoms with Crippen molar-refractivity contribution < 1.29 is 13.9 Å². The number of hydrogen-bond donors (Lipinski definition) is 0. The van der Waals surface area contributed by atoms with Crippen molar-refractivity contribution in [1.82, 2.24) is 9.78 Å². The van der Waals surface area contributed by atoms with E-state index in [0.717, 1.165) is 11.1 Å². The topological polar surface area (TPSA) is 53.4 Å². The third kappa shape index (κ3) is 5.13. The highest BCUT2D eigenvalue weighted by atomic mass is 18.2. The molecule has 0 unspecified atom stereocenters. The summed E-state index contributed by atoms with van der Waals surface area (Å²) in [4.78, 5) is 12.4. The molecule has 25 heavy (non-hydrogen) atoms. The first-order chi connectivity index (χ1) is 11.8. The van der Waals surface area contributed by atoms with Gasteiger partial charge in [-0.2, -0.15) is 5.10 Å². The highest BCUT2D eigenvalue weighted by Gasteiger charge is 2.18. The van der Waals surface area contributed by atoms with E-state index in [1.54, 1.807) is 13.1 Å². The van der Waals surface area contributed by atoms with Gasteiger partial charge in [-0.3, -0.25) is 4.79 Å². The Bertz CT molecular complexity index is 749. The molecule has 2 aromatic rings. The molecule has 0 N–H and O–H groups in total. The molecule has 0 aliphatic heterocycles. The fourth-order valence-corrected chi connectivity index (χ4v) is 2.28. The molecule has 136 valence electrons. The van der Waals surface area contributed by atoms with Gasteiger partial charge in [0.15, 0.2) is 0 Å². The van der Waals surface area contributed by atoms with Crippen molar-refractivity contribution in [2.24, 2.45) is 0 Å². The summed E-state index contributed by atoms with van der Waals surface area (Å²) >= 11 is 0. The molecular weight excluding hydrogens is 322 g/mol. The lowest BCUT2D eigenvalue weighted by Gasteiger charge is -2.21. The molecule has 0 amide bonds. The first kappa shape index (κ1) is 19.1. The fraction of sp³-hybridized carbons (Fsp3) is 0.474. The Morgan fingerprint density at radius 1 is 1.12 bits per heavy atom. The average Bonchev–Trinajstić information content (AvgIpc) is 2.56. The normalized spacial score (nSPS) is 11.6. The van der Waals surface area contributed by atoms with Gasteiger partial charge in [-0.05, 0) is 38.8 Å². The van der Waals surface area contributed by atoms with Crippen LogP contribution in [0.4, 0.5) is 4.39 Å². The summed E-state index contributed by atoms with van der Waals surface area (Å²) in [5.41, 5.74) is 1.96. The zero-order valence-electron chi connectivity index (χ0n) is 15.2. The van der Waals surface area contributed by atoms with Gasteiger partial charge in [0.25, 0.3) is 5.56 Å².